The standard InChI is InChI=1S/C51H57ClN10O8S/c1-30-31(2)71-51-44(30)45(34-11-13-36(52)14-12-34)56-40(47-59-58-32(3)62(47)51)27-43(64)53-17-21-68-25-26-69-22-18-54-49(66)46(60-19-23-70-24-20-60)35-9-7-33(8-10-35)28-55-39-6-4-5-37-38(39)29-61(50(37)67)41-15-16-42(63)57-48(41)65/h4-14,40-41,46,55H,15-29H2,1-3H3,(H,53,64)(H,54,66)(H,57,63,65)/t40-,41?,46?/m0/s1. The molecule has 2 unspecified atom stereocenters. The number of ether oxygens (including phenoxy) is 3. The highest BCUT2D eigenvalue weighted by Crippen LogP contribution is 2.40. The monoisotopic (exact) mass is 1000 g/mol. The minimum absolute atomic E-state index is 0.0739. The van der Waals surface area contributed by atoms with Crippen molar-refractivity contribution in [2.45, 2.75) is 71.2 Å². The molecule has 372 valence electrons. The number of rotatable bonds is 19. The number of nitrogens with one attached hydrogen (secondary N) is 4. The number of benzene rings is 3. The molecule has 2 fully saturated rings. The van der Waals surface area contributed by atoms with E-state index in [1.54, 1.807) is 22.3 Å². The number of aliphatic imine (C=N–C) groups is 1. The molecule has 5 amide bonds. The average Bonchev–Trinajstić information content (AvgIpc) is 3.98. The fourth-order valence-electron chi connectivity index (χ4n) is 9.44. The fraction of sp³-hybridized carbons (Fsp3) is 0.412. The summed E-state index contributed by atoms with van der Waals surface area (Å²) in [6.45, 7) is 10.9. The molecule has 0 spiro atoms. The van der Waals surface area contributed by atoms with Gasteiger partial charge >= 0.3 is 0 Å². The largest absolute Gasteiger partial charge is 0.381 e. The summed E-state index contributed by atoms with van der Waals surface area (Å²) >= 11 is 7.91. The van der Waals surface area contributed by atoms with E-state index in [-0.39, 0.29) is 49.6 Å². The smallest absolute Gasteiger partial charge is 0.255 e. The lowest BCUT2D eigenvalue weighted by atomic mass is 9.99. The topological polar surface area (TPSA) is 211 Å². The van der Waals surface area contributed by atoms with Crippen LogP contribution in [-0.4, -0.2) is 132 Å². The predicted molar refractivity (Wildman–Crippen MR) is 267 cm³/mol. The van der Waals surface area contributed by atoms with E-state index in [0.29, 0.717) is 88.6 Å². The second-order valence-corrected chi connectivity index (χ2v) is 19.5. The quantitative estimate of drug-likeness (QED) is 0.0643. The number of imide groups is 1. The molecule has 3 atom stereocenters. The molecule has 9 rings (SSSR count). The molecule has 4 aliphatic heterocycles. The van der Waals surface area contributed by atoms with Crippen LogP contribution in [0.1, 0.15) is 91.6 Å². The van der Waals surface area contributed by atoms with E-state index in [1.807, 2.05) is 72.2 Å². The number of aromatic nitrogens is 3. The second kappa shape index (κ2) is 22.4. The highest BCUT2D eigenvalue weighted by molar-refractivity contribution is 7.15. The Morgan fingerprint density at radius 3 is 2.38 bits per heavy atom. The molecule has 20 heteroatoms. The summed E-state index contributed by atoms with van der Waals surface area (Å²) in [6, 6.07) is 19.2. The van der Waals surface area contributed by atoms with Gasteiger partial charge in [-0.2, -0.15) is 0 Å². The Morgan fingerprint density at radius 1 is 0.915 bits per heavy atom. The number of carbonyl (C=O) groups is 5. The van der Waals surface area contributed by atoms with Crippen molar-refractivity contribution in [3.05, 3.63) is 127 Å². The van der Waals surface area contributed by atoms with Crippen molar-refractivity contribution < 1.29 is 38.2 Å². The first-order chi connectivity index (χ1) is 34.4. The maximum Gasteiger partial charge on any atom is 0.255 e. The van der Waals surface area contributed by atoms with E-state index < -0.39 is 24.0 Å². The van der Waals surface area contributed by atoms with Crippen LogP contribution in [0.2, 0.25) is 5.02 Å². The Balaban J connectivity index is 0.713. The van der Waals surface area contributed by atoms with Crippen molar-refractivity contribution >= 4 is 63.9 Å². The minimum Gasteiger partial charge on any atom is -0.381 e. The summed E-state index contributed by atoms with van der Waals surface area (Å²) in [5, 5.41) is 22.3. The summed E-state index contributed by atoms with van der Waals surface area (Å²) in [7, 11) is 0. The average molecular weight is 1010 g/mol. The van der Waals surface area contributed by atoms with Gasteiger partial charge in [0.25, 0.3) is 5.91 Å². The Bertz CT molecular complexity index is 2830. The number of carbonyl (C=O) groups excluding carboxylic acids is 5. The van der Waals surface area contributed by atoms with Gasteiger partial charge in [-0.25, -0.2) is 0 Å². The van der Waals surface area contributed by atoms with Gasteiger partial charge in [0.2, 0.25) is 23.6 Å². The molecule has 71 heavy (non-hydrogen) atoms. The van der Waals surface area contributed by atoms with Gasteiger partial charge in [0, 0.05) is 83.5 Å². The van der Waals surface area contributed by atoms with Crippen molar-refractivity contribution in [1.82, 2.24) is 40.5 Å². The van der Waals surface area contributed by atoms with Crippen LogP contribution < -0.4 is 21.3 Å². The Hall–Kier alpha value is -6.35. The second-order valence-electron chi connectivity index (χ2n) is 17.9. The highest BCUT2D eigenvalue weighted by Gasteiger charge is 2.40. The number of thiophene rings is 1. The van der Waals surface area contributed by atoms with Crippen LogP contribution in [0.3, 0.4) is 0 Å². The third-order valence-corrected chi connectivity index (χ3v) is 14.7. The SMILES string of the molecule is Cc1sc2c(c1C)C(c1ccc(Cl)cc1)=N[C@@H](CC(=O)NCCOCCOCCNC(=O)C(c1ccc(CNc3cccc4c3CN(C3CCC(=O)NC3=O)C4=O)cc1)N1CCOCC1)c1nnc(C)n1-2. The van der Waals surface area contributed by atoms with Gasteiger partial charge in [-0.3, -0.25) is 43.7 Å². The molecule has 0 bridgehead atoms. The number of anilines is 1. The fourth-order valence-corrected chi connectivity index (χ4v) is 10.8. The summed E-state index contributed by atoms with van der Waals surface area (Å²) < 4.78 is 19.2. The normalized spacial score (nSPS) is 18.2. The summed E-state index contributed by atoms with van der Waals surface area (Å²) in [6.07, 6.45) is 0.572. The zero-order chi connectivity index (χ0) is 49.6. The van der Waals surface area contributed by atoms with Gasteiger partial charge in [-0.15, -0.1) is 21.5 Å². The number of fused-ring (bicyclic) bond motifs is 4. The summed E-state index contributed by atoms with van der Waals surface area (Å²) in [5.41, 5.74) is 7.80. The van der Waals surface area contributed by atoms with Gasteiger partial charge in [-0.05, 0) is 68.1 Å². The van der Waals surface area contributed by atoms with Gasteiger partial charge < -0.3 is 35.1 Å². The highest BCUT2D eigenvalue weighted by atomic mass is 35.5. The predicted octanol–water partition coefficient (Wildman–Crippen LogP) is 4.90. The molecule has 2 aromatic heterocycles. The zero-order valence-corrected chi connectivity index (χ0v) is 41.5. The van der Waals surface area contributed by atoms with Crippen LogP contribution in [0.4, 0.5) is 5.69 Å². The van der Waals surface area contributed by atoms with Gasteiger partial charge in [-0.1, -0.05) is 54.1 Å². The Morgan fingerprint density at radius 2 is 1.65 bits per heavy atom. The zero-order valence-electron chi connectivity index (χ0n) is 39.9. The minimum atomic E-state index is -0.685. The number of hydrogen-bond donors (Lipinski definition) is 4. The molecule has 5 aromatic rings. The van der Waals surface area contributed by atoms with Gasteiger partial charge in [0.15, 0.2) is 5.82 Å². The molecule has 0 radical (unpaired) electrons. The number of hydrogen-bond acceptors (Lipinski definition) is 14. The van der Waals surface area contributed by atoms with Crippen LogP contribution in [0, 0.1) is 20.8 Å². The first kappa shape index (κ1) is 49.6. The molecule has 6 heterocycles. The molecule has 3 aromatic carbocycles. The lowest BCUT2D eigenvalue weighted by molar-refractivity contribution is -0.137. The van der Waals surface area contributed by atoms with Crippen LogP contribution in [-0.2, 0) is 46.5 Å². The van der Waals surface area contributed by atoms with Crippen molar-refractivity contribution in [3.8, 4) is 5.00 Å². The van der Waals surface area contributed by atoms with Crippen LogP contribution in [0.5, 0.6) is 0 Å². The van der Waals surface area contributed by atoms with Gasteiger partial charge in [0.05, 0.1) is 51.8 Å². The van der Waals surface area contributed by atoms with E-state index in [9.17, 15) is 24.0 Å². The molecule has 0 aliphatic carbocycles. The third-order valence-electron chi connectivity index (χ3n) is 13.2. The van der Waals surface area contributed by atoms with E-state index in [1.165, 1.54) is 4.88 Å². The molecular weight excluding hydrogens is 948 g/mol. The van der Waals surface area contributed by atoms with E-state index in [0.717, 1.165) is 55.6 Å². The summed E-state index contributed by atoms with van der Waals surface area (Å²) in [4.78, 5) is 74.7. The number of piperidine rings is 1. The first-order valence-corrected chi connectivity index (χ1v) is 25.1. The summed E-state index contributed by atoms with van der Waals surface area (Å²) in [5.74, 6) is 0.0307. The van der Waals surface area contributed by atoms with Crippen molar-refractivity contribution in [3.63, 3.8) is 0 Å². The van der Waals surface area contributed by atoms with E-state index in [2.05, 4.69) is 50.2 Å². The van der Waals surface area contributed by atoms with Crippen molar-refractivity contribution in [2.24, 2.45) is 4.99 Å². The Labute approximate surface area is 420 Å². The third kappa shape index (κ3) is 11.1. The maximum atomic E-state index is 13.8. The number of nitrogens with zero attached hydrogens (tertiary/aromatic N) is 6. The molecule has 2 saturated heterocycles. The van der Waals surface area contributed by atoms with Crippen molar-refractivity contribution in [2.75, 3.05) is 71.1 Å². The molecule has 0 saturated carbocycles. The van der Waals surface area contributed by atoms with Crippen molar-refractivity contribution in [1.29, 1.82) is 0 Å². The lowest BCUT2D eigenvalue weighted by Gasteiger charge is -2.34. The van der Waals surface area contributed by atoms with Gasteiger partial charge in [0.1, 0.15) is 29.0 Å². The first-order valence-electron chi connectivity index (χ1n) is 23.9. The maximum absolute atomic E-state index is 13.8. The molecule has 4 aliphatic rings. The number of amides is 5. The number of aryl methyl sites for hydroxylation is 2. The van der Waals surface area contributed by atoms with E-state index >= 15 is 0 Å². The van der Waals surface area contributed by atoms with Crippen LogP contribution in [0.25, 0.3) is 5.00 Å². The number of halogens is 1. The van der Waals surface area contributed by atoms with Crippen LogP contribution >= 0.6 is 22.9 Å². The van der Waals surface area contributed by atoms with Crippen LogP contribution in [0.15, 0.2) is 71.7 Å². The molecular formula is C51H57ClN10O8S. The molecule has 4 N–H and O–H groups in total. The Kier molecular flexibility index (Phi) is 15.6. The molecule has 18 nitrogen and oxygen atoms in total. The van der Waals surface area contributed by atoms with E-state index in [4.69, 9.17) is 30.8 Å². The lowest BCUT2D eigenvalue weighted by Crippen LogP contribution is -2.52. The number of morpholine rings is 1.